The van der Waals surface area contributed by atoms with Crippen molar-refractivity contribution >= 4 is 16.9 Å². The third kappa shape index (κ3) is 4.57. The van der Waals surface area contributed by atoms with Gasteiger partial charge in [-0.25, -0.2) is 4.79 Å². The lowest BCUT2D eigenvalue weighted by atomic mass is 10.1. The van der Waals surface area contributed by atoms with Gasteiger partial charge in [0.2, 0.25) is 5.91 Å². The average Bonchev–Trinajstić information content (AvgIpc) is 3.02. The zero-order valence-electron chi connectivity index (χ0n) is 17.8. The number of rotatable bonds is 5. The lowest BCUT2D eigenvalue weighted by molar-refractivity contribution is -0.137. The maximum atomic E-state index is 12.7. The minimum Gasteiger partial charge on any atom is -0.340 e. The van der Waals surface area contributed by atoms with Gasteiger partial charge >= 0.3 is 11.9 Å². The van der Waals surface area contributed by atoms with E-state index in [1.807, 2.05) is 24.3 Å². The van der Waals surface area contributed by atoms with E-state index in [9.17, 15) is 22.8 Å². The van der Waals surface area contributed by atoms with Gasteiger partial charge in [-0.05, 0) is 29.8 Å². The highest BCUT2D eigenvalue weighted by molar-refractivity contribution is 5.78. The third-order valence-electron chi connectivity index (χ3n) is 6.01. The molecule has 0 saturated carbocycles. The molecule has 0 radical (unpaired) electrons. The number of hydrogen-bond donors (Lipinski definition) is 0. The molecule has 1 aliphatic rings. The van der Waals surface area contributed by atoms with Gasteiger partial charge in [-0.1, -0.05) is 24.3 Å². The van der Waals surface area contributed by atoms with Crippen molar-refractivity contribution in [3.05, 3.63) is 70.1 Å². The first-order valence-corrected chi connectivity index (χ1v) is 10.5. The Hall–Kier alpha value is -3.07. The summed E-state index contributed by atoms with van der Waals surface area (Å²) < 4.78 is 41.3. The van der Waals surface area contributed by atoms with Crippen molar-refractivity contribution in [2.45, 2.75) is 25.7 Å². The SMILES string of the molecule is Cn1c(=O)n(CCC(=O)N2CCN(Cc3ccc(C(F)(F)F)cc3)CC2)c2ccccc21. The fraction of sp³-hybridized carbons (Fsp3) is 0.391. The summed E-state index contributed by atoms with van der Waals surface area (Å²) in [6.45, 7) is 3.30. The molecular formula is C23H25F3N4O2. The van der Waals surface area contributed by atoms with E-state index in [0.717, 1.165) is 28.7 Å². The molecule has 0 aliphatic carbocycles. The molecule has 3 aromatic rings. The summed E-state index contributed by atoms with van der Waals surface area (Å²) >= 11 is 0. The monoisotopic (exact) mass is 446 g/mol. The van der Waals surface area contributed by atoms with E-state index in [4.69, 9.17) is 0 Å². The molecule has 4 rings (SSSR count). The van der Waals surface area contributed by atoms with Gasteiger partial charge < -0.3 is 4.90 Å². The number of fused-ring (bicyclic) bond motifs is 1. The van der Waals surface area contributed by atoms with Gasteiger partial charge in [0, 0.05) is 52.7 Å². The number of carbonyl (C=O) groups is 1. The van der Waals surface area contributed by atoms with Gasteiger partial charge in [-0.2, -0.15) is 13.2 Å². The fourth-order valence-electron chi connectivity index (χ4n) is 4.16. The van der Waals surface area contributed by atoms with Gasteiger partial charge in [0.1, 0.15) is 0 Å². The fourth-order valence-corrected chi connectivity index (χ4v) is 4.16. The summed E-state index contributed by atoms with van der Waals surface area (Å²) in [5, 5.41) is 0. The number of carbonyl (C=O) groups excluding carboxylic acids is 1. The highest BCUT2D eigenvalue weighted by Crippen LogP contribution is 2.29. The number of aryl methyl sites for hydroxylation is 2. The van der Waals surface area contributed by atoms with Crippen LogP contribution in [0.5, 0.6) is 0 Å². The van der Waals surface area contributed by atoms with Crippen LogP contribution in [0.4, 0.5) is 13.2 Å². The lowest BCUT2D eigenvalue weighted by Crippen LogP contribution is -2.48. The number of para-hydroxylation sites is 2. The summed E-state index contributed by atoms with van der Waals surface area (Å²) in [6, 6.07) is 12.7. The third-order valence-corrected chi connectivity index (χ3v) is 6.01. The molecule has 0 bridgehead atoms. The second kappa shape index (κ2) is 8.82. The summed E-state index contributed by atoms with van der Waals surface area (Å²) in [4.78, 5) is 29.1. The Morgan fingerprint density at radius 3 is 2.19 bits per heavy atom. The van der Waals surface area contributed by atoms with Gasteiger partial charge in [0.25, 0.3) is 0 Å². The molecule has 1 amide bonds. The largest absolute Gasteiger partial charge is 0.416 e. The van der Waals surface area contributed by atoms with E-state index in [-0.39, 0.29) is 18.0 Å². The zero-order valence-corrected chi connectivity index (χ0v) is 17.8. The molecule has 1 fully saturated rings. The van der Waals surface area contributed by atoms with Crippen LogP contribution in [-0.4, -0.2) is 51.0 Å². The number of hydrogen-bond acceptors (Lipinski definition) is 3. The average molecular weight is 446 g/mol. The van der Waals surface area contributed by atoms with Crippen LogP contribution in [0.15, 0.2) is 53.3 Å². The molecule has 0 atom stereocenters. The minimum atomic E-state index is -4.33. The van der Waals surface area contributed by atoms with E-state index in [1.165, 1.54) is 12.1 Å². The molecule has 0 spiro atoms. The summed E-state index contributed by atoms with van der Waals surface area (Å²) in [7, 11) is 1.72. The van der Waals surface area contributed by atoms with Gasteiger partial charge in [-0.15, -0.1) is 0 Å². The van der Waals surface area contributed by atoms with E-state index in [2.05, 4.69) is 4.90 Å². The second-order valence-electron chi connectivity index (χ2n) is 8.08. The molecule has 32 heavy (non-hydrogen) atoms. The summed E-state index contributed by atoms with van der Waals surface area (Å²) in [6.07, 6.45) is -4.09. The Bertz CT molecular complexity index is 1160. The molecule has 1 aromatic heterocycles. The van der Waals surface area contributed by atoms with E-state index in [0.29, 0.717) is 39.3 Å². The maximum absolute atomic E-state index is 12.7. The number of imidazole rings is 1. The van der Waals surface area contributed by atoms with Crippen LogP contribution in [0.1, 0.15) is 17.5 Å². The van der Waals surface area contributed by atoms with Gasteiger partial charge in [-0.3, -0.25) is 18.8 Å². The summed E-state index contributed by atoms with van der Waals surface area (Å²) in [5.41, 5.74) is 1.67. The molecule has 2 heterocycles. The van der Waals surface area contributed by atoms with Crippen LogP contribution in [0, 0.1) is 0 Å². The van der Waals surface area contributed by atoms with Crippen LogP contribution in [0.2, 0.25) is 0 Å². The van der Waals surface area contributed by atoms with Crippen molar-refractivity contribution in [3.63, 3.8) is 0 Å². The van der Waals surface area contributed by atoms with Crippen molar-refractivity contribution in [1.82, 2.24) is 18.9 Å². The zero-order chi connectivity index (χ0) is 22.9. The number of benzene rings is 2. The molecule has 9 heteroatoms. The van der Waals surface area contributed by atoms with Crippen molar-refractivity contribution in [1.29, 1.82) is 0 Å². The second-order valence-corrected chi connectivity index (χ2v) is 8.08. The van der Waals surface area contributed by atoms with E-state index < -0.39 is 11.7 Å². The smallest absolute Gasteiger partial charge is 0.340 e. The molecule has 0 unspecified atom stereocenters. The van der Waals surface area contributed by atoms with Crippen LogP contribution < -0.4 is 5.69 Å². The Morgan fingerprint density at radius 2 is 1.56 bits per heavy atom. The first-order chi connectivity index (χ1) is 15.2. The van der Waals surface area contributed by atoms with Crippen LogP contribution in [-0.2, 0) is 31.1 Å². The molecule has 2 aromatic carbocycles. The molecular weight excluding hydrogens is 421 g/mol. The lowest BCUT2D eigenvalue weighted by Gasteiger charge is -2.35. The van der Waals surface area contributed by atoms with Crippen molar-refractivity contribution in [3.8, 4) is 0 Å². The van der Waals surface area contributed by atoms with E-state index >= 15 is 0 Å². The molecule has 170 valence electrons. The quantitative estimate of drug-likeness (QED) is 0.605. The highest BCUT2D eigenvalue weighted by Gasteiger charge is 2.30. The van der Waals surface area contributed by atoms with Gasteiger partial charge in [0.15, 0.2) is 0 Å². The Morgan fingerprint density at radius 1 is 0.938 bits per heavy atom. The molecule has 0 N–H and O–H groups in total. The predicted molar refractivity (Wildman–Crippen MR) is 115 cm³/mol. The minimum absolute atomic E-state index is 0.000913. The van der Waals surface area contributed by atoms with E-state index in [1.54, 1.807) is 21.1 Å². The molecule has 6 nitrogen and oxygen atoms in total. The van der Waals surface area contributed by atoms with Crippen LogP contribution in [0.3, 0.4) is 0 Å². The van der Waals surface area contributed by atoms with Crippen molar-refractivity contribution in [2.24, 2.45) is 7.05 Å². The first kappa shape index (κ1) is 22.1. The number of aromatic nitrogens is 2. The predicted octanol–water partition coefficient (Wildman–Crippen LogP) is 3.09. The Balaban J connectivity index is 1.30. The number of alkyl halides is 3. The normalized spacial score (nSPS) is 15.4. The number of amides is 1. The number of nitrogens with zero attached hydrogens (tertiary/aromatic N) is 4. The first-order valence-electron chi connectivity index (χ1n) is 10.5. The highest BCUT2D eigenvalue weighted by atomic mass is 19.4. The topological polar surface area (TPSA) is 50.5 Å². The summed E-state index contributed by atoms with van der Waals surface area (Å²) in [5.74, 6) is -0.000913. The molecule has 1 aliphatic heterocycles. The van der Waals surface area contributed by atoms with Gasteiger partial charge in [0.05, 0.1) is 16.6 Å². The number of piperazine rings is 1. The van der Waals surface area contributed by atoms with Crippen molar-refractivity contribution in [2.75, 3.05) is 26.2 Å². The van der Waals surface area contributed by atoms with Crippen LogP contribution in [0.25, 0.3) is 11.0 Å². The standard InChI is InChI=1S/C23H25F3N4O2/c1-27-19-4-2-3-5-20(19)30(22(27)32)11-10-21(31)29-14-12-28(13-15-29)16-17-6-8-18(9-7-17)23(24,25)26/h2-9H,10-16H2,1H3. The Labute approximate surface area is 183 Å². The Kier molecular flexibility index (Phi) is 6.10. The number of halogens is 3. The van der Waals surface area contributed by atoms with Crippen LogP contribution >= 0.6 is 0 Å². The van der Waals surface area contributed by atoms with Crippen molar-refractivity contribution < 1.29 is 18.0 Å². The maximum Gasteiger partial charge on any atom is 0.416 e. The molecule has 1 saturated heterocycles.